The first-order chi connectivity index (χ1) is 9.20. The van der Waals surface area contributed by atoms with Gasteiger partial charge in [-0.15, -0.1) is 0 Å². The van der Waals surface area contributed by atoms with Gasteiger partial charge < -0.3 is 10.4 Å². The van der Waals surface area contributed by atoms with E-state index in [1.54, 1.807) is 12.3 Å². The van der Waals surface area contributed by atoms with Crippen molar-refractivity contribution in [2.24, 2.45) is 0 Å². The number of aliphatic hydroxyl groups is 1. The molecule has 0 amide bonds. The van der Waals surface area contributed by atoms with Gasteiger partial charge in [-0.05, 0) is 29.8 Å². The third kappa shape index (κ3) is 3.73. The van der Waals surface area contributed by atoms with Crippen molar-refractivity contribution in [1.82, 2.24) is 10.3 Å². The van der Waals surface area contributed by atoms with E-state index in [4.69, 9.17) is 11.6 Å². The van der Waals surface area contributed by atoms with Crippen LogP contribution in [0.25, 0.3) is 0 Å². The largest absolute Gasteiger partial charge is 0.394 e. The molecule has 0 fully saturated rings. The predicted octanol–water partition coefficient (Wildman–Crippen LogP) is 2.70. The lowest BCUT2D eigenvalue weighted by Gasteiger charge is -2.16. The van der Waals surface area contributed by atoms with Crippen LogP contribution in [-0.2, 0) is 6.54 Å². The molecule has 0 aliphatic rings. The molecular weight excluding hydrogens is 267 g/mol. The number of aliphatic hydroxyl groups excluding tert-OH is 1. The van der Waals surface area contributed by atoms with Gasteiger partial charge in [0.1, 0.15) is 5.82 Å². The van der Waals surface area contributed by atoms with Crippen LogP contribution in [0.3, 0.4) is 0 Å². The van der Waals surface area contributed by atoms with Gasteiger partial charge in [-0.1, -0.05) is 23.7 Å². The summed E-state index contributed by atoms with van der Waals surface area (Å²) in [7, 11) is 0. The highest BCUT2D eigenvalue weighted by atomic mass is 35.5. The topological polar surface area (TPSA) is 45.1 Å². The predicted molar refractivity (Wildman–Crippen MR) is 72.3 cm³/mol. The number of hydrogen-bond donors (Lipinski definition) is 2. The maximum absolute atomic E-state index is 13.4. The Morgan fingerprint density at radius 3 is 2.79 bits per heavy atom. The van der Waals surface area contributed by atoms with Crippen molar-refractivity contribution in [2.75, 3.05) is 6.61 Å². The molecule has 0 spiro atoms. The van der Waals surface area contributed by atoms with Gasteiger partial charge in [0, 0.05) is 12.7 Å². The molecule has 3 nitrogen and oxygen atoms in total. The van der Waals surface area contributed by atoms with Gasteiger partial charge in [0.05, 0.1) is 23.4 Å². The van der Waals surface area contributed by atoms with Gasteiger partial charge in [-0.3, -0.25) is 4.98 Å². The summed E-state index contributed by atoms with van der Waals surface area (Å²) < 4.78 is 13.4. The SMILES string of the molecule is OCC(NCc1ccccn1)c1ccc(Cl)c(F)c1. The normalized spacial score (nSPS) is 12.4. The fraction of sp³-hybridized carbons (Fsp3) is 0.214. The van der Waals surface area contributed by atoms with Crippen LogP contribution in [0.1, 0.15) is 17.3 Å². The molecule has 1 aromatic heterocycles. The quantitative estimate of drug-likeness (QED) is 0.885. The summed E-state index contributed by atoms with van der Waals surface area (Å²) in [6.45, 7) is 0.365. The van der Waals surface area contributed by atoms with Crippen LogP contribution < -0.4 is 5.32 Å². The zero-order valence-electron chi connectivity index (χ0n) is 10.2. The molecule has 0 aliphatic heterocycles. The second-order valence-corrected chi connectivity index (χ2v) is 4.52. The zero-order chi connectivity index (χ0) is 13.7. The maximum atomic E-state index is 13.4. The monoisotopic (exact) mass is 280 g/mol. The van der Waals surface area contributed by atoms with Crippen molar-refractivity contribution in [2.45, 2.75) is 12.6 Å². The smallest absolute Gasteiger partial charge is 0.142 e. The number of nitrogens with zero attached hydrogens (tertiary/aromatic N) is 1. The summed E-state index contributed by atoms with van der Waals surface area (Å²) in [5.41, 5.74) is 1.51. The first kappa shape index (κ1) is 13.9. The fourth-order valence-corrected chi connectivity index (χ4v) is 1.86. The van der Waals surface area contributed by atoms with Gasteiger partial charge in [0.15, 0.2) is 0 Å². The summed E-state index contributed by atoms with van der Waals surface area (Å²) >= 11 is 5.63. The Morgan fingerprint density at radius 2 is 2.16 bits per heavy atom. The van der Waals surface area contributed by atoms with Crippen LogP contribution in [0.15, 0.2) is 42.6 Å². The van der Waals surface area contributed by atoms with Crippen LogP contribution in [0.5, 0.6) is 0 Å². The van der Waals surface area contributed by atoms with E-state index in [-0.39, 0.29) is 17.7 Å². The van der Waals surface area contributed by atoms with Crippen LogP contribution in [0.2, 0.25) is 5.02 Å². The van der Waals surface area contributed by atoms with Crippen molar-refractivity contribution in [3.8, 4) is 0 Å². The summed E-state index contributed by atoms with van der Waals surface area (Å²) in [4.78, 5) is 4.17. The van der Waals surface area contributed by atoms with E-state index in [0.29, 0.717) is 12.1 Å². The number of halogens is 2. The number of benzene rings is 1. The third-order valence-corrected chi connectivity index (χ3v) is 3.09. The molecule has 100 valence electrons. The van der Waals surface area contributed by atoms with Crippen LogP contribution >= 0.6 is 11.6 Å². The second kappa shape index (κ2) is 6.61. The Morgan fingerprint density at radius 1 is 1.32 bits per heavy atom. The Balaban J connectivity index is 2.05. The third-order valence-electron chi connectivity index (χ3n) is 2.78. The number of aromatic nitrogens is 1. The van der Waals surface area contributed by atoms with Crippen LogP contribution in [-0.4, -0.2) is 16.7 Å². The molecule has 5 heteroatoms. The lowest BCUT2D eigenvalue weighted by molar-refractivity contribution is 0.243. The van der Waals surface area contributed by atoms with E-state index >= 15 is 0 Å². The molecule has 1 aromatic carbocycles. The van der Waals surface area contributed by atoms with Gasteiger partial charge in [-0.2, -0.15) is 0 Å². The van der Waals surface area contributed by atoms with Crippen molar-refractivity contribution in [1.29, 1.82) is 0 Å². The van der Waals surface area contributed by atoms with E-state index in [0.717, 1.165) is 5.69 Å². The minimum absolute atomic E-state index is 0.0742. The van der Waals surface area contributed by atoms with Gasteiger partial charge in [0.2, 0.25) is 0 Å². The maximum Gasteiger partial charge on any atom is 0.142 e. The summed E-state index contributed by atoms with van der Waals surface area (Å²) in [6, 6.07) is 9.75. The molecule has 0 radical (unpaired) electrons. The molecule has 2 aromatic rings. The summed E-state index contributed by atoms with van der Waals surface area (Å²) in [5, 5.41) is 12.6. The Bertz CT molecular complexity index is 536. The number of rotatable bonds is 5. The van der Waals surface area contributed by atoms with Gasteiger partial charge in [0.25, 0.3) is 0 Å². The molecule has 0 saturated carbocycles. The highest BCUT2D eigenvalue weighted by Crippen LogP contribution is 2.20. The van der Waals surface area contributed by atoms with Gasteiger partial charge in [-0.25, -0.2) is 4.39 Å². The molecule has 1 atom stereocenters. The van der Waals surface area contributed by atoms with Crippen molar-refractivity contribution in [3.63, 3.8) is 0 Å². The number of pyridine rings is 1. The molecule has 2 N–H and O–H groups in total. The number of nitrogens with one attached hydrogen (secondary N) is 1. The lowest BCUT2D eigenvalue weighted by atomic mass is 10.1. The molecule has 1 heterocycles. The average molecular weight is 281 g/mol. The van der Waals surface area contributed by atoms with Crippen LogP contribution in [0.4, 0.5) is 4.39 Å². The minimum atomic E-state index is -0.489. The van der Waals surface area contributed by atoms with E-state index in [2.05, 4.69) is 10.3 Å². The average Bonchev–Trinajstić information content (AvgIpc) is 2.44. The van der Waals surface area contributed by atoms with E-state index in [9.17, 15) is 9.50 Å². The van der Waals surface area contributed by atoms with E-state index in [1.807, 2.05) is 18.2 Å². The Hall–Kier alpha value is -1.49. The highest BCUT2D eigenvalue weighted by molar-refractivity contribution is 6.30. The Kier molecular flexibility index (Phi) is 4.85. The molecule has 0 saturated heterocycles. The zero-order valence-corrected chi connectivity index (χ0v) is 10.9. The fourth-order valence-electron chi connectivity index (χ4n) is 1.75. The summed E-state index contributed by atoms with van der Waals surface area (Å²) in [6.07, 6.45) is 1.70. The standard InChI is InChI=1S/C14H14ClFN2O/c15-12-5-4-10(7-13(12)16)14(9-19)18-8-11-3-1-2-6-17-11/h1-7,14,18-19H,8-9H2. The number of hydrogen-bond acceptors (Lipinski definition) is 3. The van der Waals surface area contributed by atoms with Crippen LogP contribution in [0, 0.1) is 5.82 Å². The van der Waals surface area contributed by atoms with Gasteiger partial charge >= 0.3 is 0 Å². The molecule has 2 rings (SSSR count). The molecular formula is C14H14ClFN2O. The van der Waals surface area contributed by atoms with Crippen molar-refractivity contribution >= 4 is 11.6 Å². The van der Waals surface area contributed by atoms with E-state index < -0.39 is 5.82 Å². The summed E-state index contributed by atoms with van der Waals surface area (Å²) in [5.74, 6) is -0.489. The molecule has 0 aliphatic carbocycles. The van der Waals surface area contributed by atoms with Crippen molar-refractivity contribution in [3.05, 3.63) is 64.7 Å². The first-order valence-electron chi connectivity index (χ1n) is 5.90. The minimum Gasteiger partial charge on any atom is -0.394 e. The second-order valence-electron chi connectivity index (χ2n) is 4.11. The highest BCUT2D eigenvalue weighted by Gasteiger charge is 2.12. The Labute approximate surface area is 116 Å². The molecule has 0 bridgehead atoms. The van der Waals surface area contributed by atoms with E-state index in [1.165, 1.54) is 12.1 Å². The first-order valence-corrected chi connectivity index (χ1v) is 6.27. The molecule has 19 heavy (non-hydrogen) atoms. The van der Waals surface area contributed by atoms with Crippen molar-refractivity contribution < 1.29 is 9.50 Å². The lowest BCUT2D eigenvalue weighted by Crippen LogP contribution is -2.24. The molecule has 1 unspecified atom stereocenters.